The number of halogens is 1. The lowest BCUT2D eigenvalue weighted by atomic mass is 9.96. The number of piperidine rings is 2. The van der Waals surface area contributed by atoms with E-state index in [1.165, 1.54) is 25.3 Å². The minimum absolute atomic E-state index is 0. The maximum absolute atomic E-state index is 12.7. The van der Waals surface area contributed by atoms with Crippen molar-refractivity contribution < 1.29 is 19.5 Å². The van der Waals surface area contributed by atoms with Crippen LogP contribution >= 0.6 is 12.4 Å². The molecular formula is C21H30ClN3O4. The van der Waals surface area contributed by atoms with Gasteiger partial charge in [-0.05, 0) is 50.9 Å². The summed E-state index contributed by atoms with van der Waals surface area (Å²) in [6.45, 7) is 4.02. The zero-order valence-corrected chi connectivity index (χ0v) is 17.5. The Bertz CT molecular complexity index is 722. The zero-order chi connectivity index (χ0) is 19.9. The maximum atomic E-state index is 12.7. The number of carbonyl (C=O) groups is 3. The van der Waals surface area contributed by atoms with Crippen molar-refractivity contribution in [2.45, 2.75) is 38.5 Å². The van der Waals surface area contributed by atoms with E-state index in [0.29, 0.717) is 31.6 Å². The molecule has 0 aliphatic carbocycles. The first kappa shape index (κ1) is 23.2. The van der Waals surface area contributed by atoms with Gasteiger partial charge >= 0.3 is 5.97 Å². The molecule has 2 saturated heterocycles. The molecule has 8 heteroatoms. The highest BCUT2D eigenvalue weighted by Crippen LogP contribution is 2.21. The molecule has 0 spiro atoms. The number of carboxylic acids is 1. The summed E-state index contributed by atoms with van der Waals surface area (Å²) in [6.07, 6.45) is 5.68. The number of nitrogens with one attached hydrogen (secondary N) is 1. The predicted molar refractivity (Wildman–Crippen MR) is 113 cm³/mol. The molecule has 2 fully saturated rings. The highest BCUT2D eigenvalue weighted by molar-refractivity contribution is 6.01. The number of carboxylic acid groups (broad SMARTS) is 1. The zero-order valence-electron chi connectivity index (χ0n) is 16.6. The Labute approximate surface area is 177 Å². The van der Waals surface area contributed by atoms with Crippen LogP contribution in [0.4, 0.5) is 5.69 Å². The van der Waals surface area contributed by atoms with E-state index in [-0.39, 0.29) is 35.7 Å². The van der Waals surface area contributed by atoms with Gasteiger partial charge in [0.15, 0.2) is 0 Å². The van der Waals surface area contributed by atoms with Crippen molar-refractivity contribution in [2.75, 3.05) is 38.0 Å². The van der Waals surface area contributed by atoms with Gasteiger partial charge in [-0.15, -0.1) is 12.4 Å². The molecule has 2 heterocycles. The van der Waals surface area contributed by atoms with E-state index < -0.39 is 5.97 Å². The molecule has 0 unspecified atom stereocenters. The highest BCUT2D eigenvalue weighted by Gasteiger charge is 2.29. The first-order valence-corrected chi connectivity index (χ1v) is 10.2. The Balaban J connectivity index is 0.00000300. The highest BCUT2D eigenvalue weighted by atomic mass is 35.5. The van der Waals surface area contributed by atoms with Gasteiger partial charge in [-0.3, -0.25) is 9.59 Å². The number of aromatic carboxylic acids is 1. The Kier molecular flexibility index (Phi) is 8.92. The number of amides is 2. The Morgan fingerprint density at radius 3 is 2.48 bits per heavy atom. The van der Waals surface area contributed by atoms with Gasteiger partial charge in [-0.1, -0.05) is 18.6 Å². The van der Waals surface area contributed by atoms with Gasteiger partial charge in [0.05, 0.1) is 17.2 Å². The number of rotatable bonds is 6. The second kappa shape index (κ2) is 11.2. The molecular weight excluding hydrogens is 394 g/mol. The Hall–Kier alpha value is -2.12. The van der Waals surface area contributed by atoms with Crippen molar-refractivity contribution in [3.05, 3.63) is 29.8 Å². The molecule has 3 rings (SSSR count). The SMILES string of the molecule is Cl.O=C(O)c1ccccc1NC(=O)[C@@H]1CCCN(C(=O)CCN2CCCCC2)C1. The van der Waals surface area contributed by atoms with Crippen molar-refractivity contribution >= 4 is 35.9 Å². The topological polar surface area (TPSA) is 90.0 Å². The number of nitrogens with zero attached hydrogens (tertiary/aromatic N) is 2. The van der Waals surface area contributed by atoms with Gasteiger partial charge in [0.2, 0.25) is 11.8 Å². The quantitative estimate of drug-likeness (QED) is 0.734. The van der Waals surface area contributed by atoms with Crippen LogP contribution in [0.1, 0.15) is 48.9 Å². The minimum atomic E-state index is -1.07. The van der Waals surface area contributed by atoms with Gasteiger partial charge in [0.25, 0.3) is 0 Å². The molecule has 0 bridgehead atoms. The average molecular weight is 424 g/mol. The average Bonchev–Trinajstić information content (AvgIpc) is 2.73. The molecule has 0 radical (unpaired) electrons. The summed E-state index contributed by atoms with van der Waals surface area (Å²) in [6, 6.07) is 6.38. The summed E-state index contributed by atoms with van der Waals surface area (Å²) < 4.78 is 0. The fraction of sp³-hybridized carbons (Fsp3) is 0.571. The summed E-state index contributed by atoms with van der Waals surface area (Å²) in [4.78, 5) is 40.7. The van der Waals surface area contributed by atoms with E-state index in [0.717, 1.165) is 26.1 Å². The monoisotopic (exact) mass is 423 g/mol. The van der Waals surface area contributed by atoms with Crippen LogP contribution < -0.4 is 5.32 Å². The maximum Gasteiger partial charge on any atom is 0.337 e. The first-order chi connectivity index (χ1) is 13.5. The summed E-state index contributed by atoms with van der Waals surface area (Å²) >= 11 is 0. The third-order valence-corrected chi connectivity index (χ3v) is 5.65. The second-order valence-electron chi connectivity index (χ2n) is 7.67. The van der Waals surface area contributed by atoms with E-state index in [4.69, 9.17) is 0 Å². The fourth-order valence-electron chi connectivity index (χ4n) is 4.03. The van der Waals surface area contributed by atoms with Gasteiger partial charge in [-0.25, -0.2) is 4.79 Å². The van der Waals surface area contributed by atoms with Crippen LogP contribution in [0.5, 0.6) is 0 Å². The summed E-state index contributed by atoms with van der Waals surface area (Å²) in [7, 11) is 0. The summed E-state index contributed by atoms with van der Waals surface area (Å²) in [5.41, 5.74) is 0.370. The van der Waals surface area contributed by atoms with Crippen LogP contribution in [-0.2, 0) is 9.59 Å². The van der Waals surface area contributed by atoms with Gasteiger partial charge in [0.1, 0.15) is 0 Å². The minimum Gasteiger partial charge on any atom is -0.478 e. The lowest BCUT2D eigenvalue weighted by Crippen LogP contribution is -2.45. The number of para-hydroxylation sites is 1. The Morgan fingerprint density at radius 2 is 1.76 bits per heavy atom. The van der Waals surface area contributed by atoms with E-state index in [1.54, 1.807) is 23.1 Å². The molecule has 0 saturated carbocycles. The Morgan fingerprint density at radius 1 is 1.03 bits per heavy atom. The van der Waals surface area contributed by atoms with Crippen LogP contribution in [0.2, 0.25) is 0 Å². The molecule has 0 aromatic heterocycles. The van der Waals surface area contributed by atoms with Crippen molar-refractivity contribution in [1.29, 1.82) is 0 Å². The lowest BCUT2D eigenvalue weighted by molar-refractivity contribution is -0.134. The third-order valence-electron chi connectivity index (χ3n) is 5.65. The number of hydrogen-bond donors (Lipinski definition) is 2. The number of likely N-dealkylation sites (tertiary alicyclic amines) is 2. The molecule has 1 atom stereocenters. The molecule has 2 aliphatic rings. The van der Waals surface area contributed by atoms with Crippen LogP contribution in [-0.4, -0.2) is 65.4 Å². The molecule has 1 aromatic carbocycles. The molecule has 2 aliphatic heterocycles. The van der Waals surface area contributed by atoms with Crippen LogP contribution in [0.3, 0.4) is 0 Å². The number of anilines is 1. The van der Waals surface area contributed by atoms with Gasteiger partial charge < -0.3 is 20.2 Å². The second-order valence-corrected chi connectivity index (χ2v) is 7.67. The van der Waals surface area contributed by atoms with E-state index in [2.05, 4.69) is 10.2 Å². The molecule has 2 amide bonds. The van der Waals surface area contributed by atoms with E-state index >= 15 is 0 Å². The fourth-order valence-corrected chi connectivity index (χ4v) is 4.03. The summed E-state index contributed by atoms with van der Waals surface area (Å²) in [5.74, 6) is -1.50. The molecule has 29 heavy (non-hydrogen) atoms. The smallest absolute Gasteiger partial charge is 0.337 e. The number of hydrogen-bond acceptors (Lipinski definition) is 4. The van der Waals surface area contributed by atoms with Crippen molar-refractivity contribution in [2.24, 2.45) is 5.92 Å². The van der Waals surface area contributed by atoms with Crippen molar-refractivity contribution in [3.8, 4) is 0 Å². The van der Waals surface area contributed by atoms with E-state index in [9.17, 15) is 19.5 Å². The van der Waals surface area contributed by atoms with Crippen LogP contribution in [0, 0.1) is 5.92 Å². The van der Waals surface area contributed by atoms with Crippen molar-refractivity contribution in [1.82, 2.24) is 9.80 Å². The van der Waals surface area contributed by atoms with Crippen molar-refractivity contribution in [3.63, 3.8) is 0 Å². The number of benzene rings is 1. The number of carbonyl (C=O) groups excluding carboxylic acids is 2. The normalized spacial score (nSPS) is 19.9. The van der Waals surface area contributed by atoms with Gasteiger partial charge in [-0.2, -0.15) is 0 Å². The molecule has 7 nitrogen and oxygen atoms in total. The molecule has 1 aromatic rings. The lowest BCUT2D eigenvalue weighted by Gasteiger charge is -2.33. The largest absolute Gasteiger partial charge is 0.478 e. The van der Waals surface area contributed by atoms with Crippen LogP contribution in [0.15, 0.2) is 24.3 Å². The van der Waals surface area contributed by atoms with Gasteiger partial charge in [0, 0.05) is 26.1 Å². The molecule has 160 valence electrons. The van der Waals surface area contributed by atoms with Crippen LogP contribution in [0.25, 0.3) is 0 Å². The summed E-state index contributed by atoms with van der Waals surface area (Å²) in [5, 5.41) is 12.0. The standard InChI is InChI=1S/C21H29N3O4.ClH/c25-19(10-14-23-11-4-1-5-12-23)24-13-6-7-16(15-24)20(26)22-18-9-3-2-8-17(18)21(27)28;/h2-3,8-9,16H,1,4-7,10-15H2,(H,22,26)(H,27,28);1H/t16-;/m1./s1. The van der Waals surface area contributed by atoms with E-state index in [1.807, 2.05) is 0 Å². The molecule has 2 N–H and O–H groups in total. The first-order valence-electron chi connectivity index (χ1n) is 10.2. The predicted octanol–water partition coefficient (Wildman–Crippen LogP) is 2.86. The third kappa shape index (κ3) is 6.44.